The number of hydrogen-bond acceptors (Lipinski definition) is 3. The number of imide groups is 1. The van der Waals surface area contributed by atoms with E-state index >= 15 is 0 Å². The summed E-state index contributed by atoms with van der Waals surface area (Å²) in [7, 11) is 0. The van der Waals surface area contributed by atoms with Crippen molar-refractivity contribution in [2.45, 2.75) is 32.7 Å². The van der Waals surface area contributed by atoms with Crippen LogP contribution in [0.2, 0.25) is 0 Å². The van der Waals surface area contributed by atoms with Crippen molar-refractivity contribution in [2.75, 3.05) is 13.1 Å². The van der Waals surface area contributed by atoms with E-state index < -0.39 is 0 Å². The summed E-state index contributed by atoms with van der Waals surface area (Å²) in [6.07, 6.45) is 2.66. The molecule has 138 valence electrons. The predicted molar refractivity (Wildman–Crippen MR) is 106 cm³/mol. The fourth-order valence-electron chi connectivity index (χ4n) is 3.93. The van der Waals surface area contributed by atoms with Gasteiger partial charge in [-0.2, -0.15) is 0 Å². The molecule has 0 atom stereocenters. The van der Waals surface area contributed by atoms with Crippen LogP contribution < -0.4 is 0 Å². The second-order valence-corrected chi connectivity index (χ2v) is 7.15. The van der Waals surface area contributed by atoms with E-state index in [9.17, 15) is 9.59 Å². The first-order valence-electron chi connectivity index (χ1n) is 9.68. The molecular formula is C23H24N2O2. The van der Waals surface area contributed by atoms with Gasteiger partial charge < -0.3 is 4.90 Å². The molecule has 0 aliphatic carbocycles. The zero-order valence-corrected chi connectivity index (χ0v) is 15.6. The molecular weight excluding hydrogens is 336 g/mol. The Morgan fingerprint density at radius 3 is 2.33 bits per heavy atom. The minimum absolute atomic E-state index is 0.147. The van der Waals surface area contributed by atoms with Crippen LogP contribution in [0.4, 0.5) is 0 Å². The average Bonchev–Trinajstić information content (AvgIpc) is 2.96. The molecule has 0 radical (unpaired) electrons. The monoisotopic (exact) mass is 360 g/mol. The molecule has 0 saturated carbocycles. The zero-order valence-electron chi connectivity index (χ0n) is 15.6. The van der Waals surface area contributed by atoms with Crippen molar-refractivity contribution in [2.24, 2.45) is 0 Å². The van der Waals surface area contributed by atoms with E-state index in [0.29, 0.717) is 24.4 Å². The Morgan fingerprint density at radius 2 is 1.59 bits per heavy atom. The molecule has 0 bridgehead atoms. The van der Waals surface area contributed by atoms with E-state index in [2.05, 4.69) is 30.0 Å². The Balaban J connectivity index is 1.75. The van der Waals surface area contributed by atoms with E-state index in [4.69, 9.17) is 0 Å². The standard InChI is InChI=1S/C23H24N2O2/c1-2-3-14-25-22(26)20(18-10-5-4-6-11-18)21(23(25)27)24-15-13-17-9-7-8-12-19(17)16-24/h4-12H,2-3,13-16H2,1H3. The number of amides is 2. The summed E-state index contributed by atoms with van der Waals surface area (Å²) in [5.74, 6) is -0.305. The largest absolute Gasteiger partial charge is 0.362 e. The number of benzene rings is 2. The smallest absolute Gasteiger partial charge is 0.277 e. The molecule has 0 fully saturated rings. The number of unbranched alkanes of at least 4 members (excludes halogenated alkanes) is 1. The number of rotatable bonds is 5. The highest BCUT2D eigenvalue weighted by atomic mass is 16.2. The SMILES string of the molecule is CCCCN1C(=O)C(c2ccccc2)=C(N2CCc3ccccc3C2)C1=O. The minimum Gasteiger partial charge on any atom is -0.362 e. The van der Waals surface area contributed by atoms with E-state index in [-0.39, 0.29) is 11.8 Å². The fraction of sp³-hybridized carbons (Fsp3) is 0.304. The maximum Gasteiger partial charge on any atom is 0.277 e. The first kappa shape index (κ1) is 17.5. The topological polar surface area (TPSA) is 40.6 Å². The Bertz CT molecular complexity index is 902. The Hall–Kier alpha value is -2.88. The van der Waals surface area contributed by atoms with Crippen molar-refractivity contribution in [1.82, 2.24) is 9.80 Å². The number of nitrogens with zero attached hydrogens (tertiary/aromatic N) is 2. The molecule has 0 N–H and O–H groups in total. The maximum atomic E-state index is 13.2. The first-order valence-corrected chi connectivity index (χ1v) is 9.68. The molecule has 2 amide bonds. The van der Waals surface area contributed by atoms with Gasteiger partial charge in [0, 0.05) is 19.6 Å². The van der Waals surface area contributed by atoms with Gasteiger partial charge in [0.1, 0.15) is 5.70 Å². The van der Waals surface area contributed by atoms with Crippen LogP contribution in [0.5, 0.6) is 0 Å². The van der Waals surface area contributed by atoms with Crippen molar-refractivity contribution in [3.8, 4) is 0 Å². The third-order valence-electron chi connectivity index (χ3n) is 5.39. The predicted octanol–water partition coefficient (Wildman–Crippen LogP) is 3.62. The van der Waals surface area contributed by atoms with Gasteiger partial charge in [-0.1, -0.05) is 67.9 Å². The summed E-state index contributed by atoms with van der Waals surface area (Å²) in [5.41, 5.74) is 4.50. The fourth-order valence-corrected chi connectivity index (χ4v) is 3.93. The maximum absolute atomic E-state index is 13.2. The third kappa shape index (κ3) is 3.16. The van der Waals surface area contributed by atoms with E-state index in [1.165, 1.54) is 16.0 Å². The van der Waals surface area contributed by atoms with Crippen molar-refractivity contribution >= 4 is 17.4 Å². The Morgan fingerprint density at radius 1 is 0.889 bits per heavy atom. The molecule has 4 heteroatoms. The highest BCUT2D eigenvalue weighted by molar-refractivity contribution is 6.35. The van der Waals surface area contributed by atoms with E-state index in [1.807, 2.05) is 36.4 Å². The number of carbonyl (C=O) groups is 2. The van der Waals surface area contributed by atoms with Crippen LogP contribution in [0.3, 0.4) is 0 Å². The van der Waals surface area contributed by atoms with Crippen LogP contribution in [0.1, 0.15) is 36.5 Å². The molecule has 0 aromatic heterocycles. The zero-order chi connectivity index (χ0) is 18.8. The van der Waals surface area contributed by atoms with Crippen LogP contribution >= 0.6 is 0 Å². The van der Waals surface area contributed by atoms with E-state index in [1.54, 1.807) is 0 Å². The van der Waals surface area contributed by atoms with Crippen molar-refractivity contribution in [3.63, 3.8) is 0 Å². The summed E-state index contributed by atoms with van der Waals surface area (Å²) in [6, 6.07) is 17.9. The van der Waals surface area contributed by atoms with Crippen molar-refractivity contribution in [3.05, 3.63) is 77.0 Å². The van der Waals surface area contributed by atoms with Crippen LogP contribution in [-0.4, -0.2) is 34.7 Å². The summed E-state index contributed by atoms with van der Waals surface area (Å²) in [4.78, 5) is 29.9. The molecule has 2 aromatic carbocycles. The third-order valence-corrected chi connectivity index (χ3v) is 5.39. The lowest BCUT2D eigenvalue weighted by Gasteiger charge is -2.31. The second kappa shape index (κ2) is 7.39. The Labute approximate surface area is 160 Å². The van der Waals surface area contributed by atoms with Gasteiger partial charge in [-0.25, -0.2) is 0 Å². The molecule has 2 aliphatic rings. The van der Waals surface area contributed by atoms with Gasteiger partial charge in [0.15, 0.2) is 0 Å². The quantitative estimate of drug-likeness (QED) is 0.765. The van der Waals surface area contributed by atoms with Crippen LogP contribution in [0.25, 0.3) is 5.57 Å². The molecule has 2 aromatic rings. The van der Waals surface area contributed by atoms with Crippen molar-refractivity contribution < 1.29 is 9.59 Å². The van der Waals surface area contributed by atoms with Gasteiger partial charge in [0.25, 0.3) is 11.8 Å². The molecule has 0 saturated heterocycles. The summed E-state index contributed by atoms with van der Waals surface area (Å²) in [5, 5.41) is 0. The average molecular weight is 360 g/mol. The van der Waals surface area contributed by atoms with Gasteiger partial charge >= 0.3 is 0 Å². The number of hydrogen-bond donors (Lipinski definition) is 0. The van der Waals surface area contributed by atoms with Gasteiger partial charge in [-0.15, -0.1) is 0 Å². The highest BCUT2D eigenvalue weighted by Crippen LogP contribution is 2.34. The van der Waals surface area contributed by atoms with Gasteiger partial charge in [0.05, 0.1) is 5.57 Å². The summed E-state index contributed by atoms with van der Waals surface area (Å²) >= 11 is 0. The first-order chi connectivity index (χ1) is 13.2. The molecule has 27 heavy (non-hydrogen) atoms. The van der Waals surface area contributed by atoms with Crippen LogP contribution in [0.15, 0.2) is 60.3 Å². The van der Waals surface area contributed by atoms with Crippen LogP contribution in [0, 0.1) is 0 Å². The molecule has 2 aliphatic heterocycles. The molecule has 0 spiro atoms. The molecule has 4 rings (SSSR count). The van der Waals surface area contributed by atoms with Gasteiger partial charge in [-0.05, 0) is 29.5 Å². The molecule has 4 nitrogen and oxygen atoms in total. The van der Waals surface area contributed by atoms with Gasteiger partial charge in [-0.3, -0.25) is 14.5 Å². The number of fused-ring (bicyclic) bond motifs is 1. The molecule has 0 unspecified atom stereocenters. The molecule has 2 heterocycles. The normalized spacial score (nSPS) is 16.9. The Kier molecular flexibility index (Phi) is 4.80. The minimum atomic E-state index is -0.159. The number of carbonyl (C=O) groups excluding carboxylic acids is 2. The van der Waals surface area contributed by atoms with Gasteiger partial charge in [0.2, 0.25) is 0 Å². The van der Waals surface area contributed by atoms with Crippen LogP contribution in [-0.2, 0) is 22.6 Å². The lowest BCUT2D eigenvalue weighted by Crippen LogP contribution is -2.37. The highest BCUT2D eigenvalue weighted by Gasteiger charge is 2.41. The lowest BCUT2D eigenvalue weighted by molar-refractivity contribution is -0.137. The summed E-state index contributed by atoms with van der Waals surface area (Å²) in [6.45, 7) is 3.98. The van der Waals surface area contributed by atoms with E-state index in [0.717, 1.165) is 31.4 Å². The summed E-state index contributed by atoms with van der Waals surface area (Å²) < 4.78 is 0. The lowest BCUT2D eigenvalue weighted by atomic mass is 9.98. The second-order valence-electron chi connectivity index (χ2n) is 7.15. The van der Waals surface area contributed by atoms with Crippen molar-refractivity contribution in [1.29, 1.82) is 0 Å².